The van der Waals surface area contributed by atoms with E-state index in [-0.39, 0.29) is 11.7 Å². The Morgan fingerprint density at radius 3 is 2.77 bits per heavy atom. The molecule has 70 valence electrons. The van der Waals surface area contributed by atoms with Crippen LogP contribution in [0.4, 0.5) is 0 Å². The second kappa shape index (κ2) is 3.84. The van der Waals surface area contributed by atoms with Crippen molar-refractivity contribution in [3.05, 3.63) is 18.0 Å². The van der Waals surface area contributed by atoms with E-state index >= 15 is 0 Å². The van der Waals surface area contributed by atoms with Crippen molar-refractivity contribution in [2.24, 2.45) is 0 Å². The first kappa shape index (κ1) is 9.44. The number of amides is 1. The molecule has 0 aliphatic carbocycles. The van der Waals surface area contributed by atoms with Crippen LogP contribution in [0.3, 0.4) is 0 Å². The van der Waals surface area contributed by atoms with E-state index in [1.807, 2.05) is 0 Å². The summed E-state index contributed by atoms with van der Waals surface area (Å²) in [7, 11) is 0. The molecule has 0 radical (unpaired) electrons. The maximum absolute atomic E-state index is 11.3. The lowest BCUT2D eigenvalue weighted by atomic mass is 10.2. The van der Waals surface area contributed by atoms with Crippen LogP contribution in [0.15, 0.2) is 12.4 Å². The Balaban J connectivity index is 2.56. The standard InChI is InChI=1S/C8H11N3O2/c1-5(6(2)12)11-8(13)7-3-9-10-4-7/h3-5H,1-2H3,(H,9,10)(H,11,13). The van der Waals surface area contributed by atoms with E-state index in [4.69, 9.17) is 0 Å². The second-order valence-corrected chi connectivity index (χ2v) is 2.79. The molecule has 0 fully saturated rings. The Morgan fingerprint density at radius 1 is 1.62 bits per heavy atom. The van der Waals surface area contributed by atoms with Crippen molar-refractivity contribution in [3.63, 3.8) is 0 Å². The molecule has 1 amide bonds. The van der Waals surface area contributed by atoms with Crippen molar-refractivity contribution in [2.75, 3.05) is 0 Å². The molecule has 0 spiro atoms. The zero-order valence-electron chi connectivity index (χ0n) is 7.50. The van der Waals surface area contributed by atoms with Gasteiger partial charge in [0.25, 0.3) is 5.91 Å². The van der Waals surface area contributed by atoms with Crippen LogP contribution >= 0.6 is 0 Å². The highest BCUT2D eigenvalue weighted by atomic mass is 16.2. The Labute approximate surface area is 75.5 Å². The SMILES string of the molecule is CC(=O)C(C)NC(=O)c1cn[nH]c1. The minimum Gasteiger partial charge on any atom is -0.342 e. The highest BCUT2D eigenvalue weighted by molar-refractivity contribution is 5.96. The summed E-state index contributed by atoms with van der Waals surface area (Å²) in [4.78, 5) is 22.1. The average molecular weight is 181 g/mol. The third-order valence-electron chi connectivity index (χ3n) is 1.72. The van der Waals surface area contributed by atoms with E-state index in [2.05, 4.69) is 15.5 Å². The predicted molar refractivity (Wildman–Crippen MR) is 46.2 cm³/mol. The van der Waals surface area contributed by atoms with Gasteiger partial charge in [-0.3, -0.25) is 14.7 Å². The fraction of sp³-hybridized carbons (Fsp3) is 0.375. The normalized spacial score (nSPS) is 12.2. The highest BCUT2D eigenvalue weighted by Gasteiger charge is 2.12. The molecular formula is C8H11N3O2. The molecule has 0 saturated heterocycles. The summed E-state index contributed by atoms with van der Waals surface area (Å²) < 4.78 is 0. The van der Waals surface area contributed by atoms with Crippen LogP contribution in [-0.4, -0.2) is 27.9 Å². The van der Waals surface area contributed by atoms with Crippen LogP contribution in [0.1, 0.15) is 24.2 Å². The number of Topliss-reactive ketones (excluding diaryl/α,β-unsaturated/α-hetero) is 1. The molecule has 2 N–H and O–H groups in total. The molecule has 0 aliphatic heterocycles. The van der Waals surface area contributed by atoms with Crippen molar-refractivity contribution >= 4 is 11.7 Å². The molecule has 13 heavy (non-hydrogen) atoms. The van der Waals surface area contributed by atoms with Crippen molar-refractivity contribution in [1.82, 2.24) is 15.5 Å². The lowest BCUT2D eigenvalue weighted by molar-refractivity contribution is -0.118. The molecule has 1 aromatic rings. The van der Waals surface area contributed by atoms with Gasteiger partial charge in [0.05, 0.1) is 17.8 Å². The van der Waals surface area contributed by atoms with Gasteiger partial charge in [-0.15, -0.1) is 0 Å². The number of nitrogens with one attached hydrogen (secondary N) is 2. The average Bonchev–Trinajstić information content (AvgIpc) is 2.55. The first-order valence-electron chi connectivity index (χ1n) is 3.91. The first-order valence-corrected chi connectivity index (χ1v) is 3.91. The number of aromatic amines is 1. The van der Waals surface area contributed by atoms with Gasteiger partial charge < -0.3 is 5.32 Å². The summed E-state index contributed by atoms with van der Waals surface area (Å²) in [5.74, 6) is -0.367. The summed E-state index contributed by atoms with van der Waals surface area (Å²) in [6.45, 7) is 3.07. The fourth-order valence-electron chi connectivity index (χ4n) is 0.757. The summed E-state index contributed by atoms with van der Waals surface area (Å²) in [6.07, 6.45) is 2.88. The minimum absolute atomic E-state index is 0.0724. The zero-order chi connectivity index (χ0) is 9.84. The summed E-state index contributed by atoms with van der Waals surface area (Å²) >= 11 is 0. The topological polar surface area (TPSA) is 74.8 Å². The van der Waals surface area contributed by atoms with E-state index in [1.54, 1.807) is 6.92 Å². The Bertz CT molecular complexity index is 305. The molecule has 0 aliphatic rings. The Kier molecular flexibility index (Phi) is 2.79. The van der Waals surface area contributed by atoms with Crippen molar-refractivity contribution in [2.45, 2.75) is 19.9 Å². The largest absolute Gasteiger partial charge is 0.342 e. The van der Waals surface area contributed by atoms with Crippen molar-refractivity contribution in [3.8, 4) is 0 Å². The summed E-state index contributed by atoms with van der Waals surface area (Å²) in [5.41, 5.74) is 0.424. The van der Waals surface area contributed by atoms with E-state index in [1.165, 1.54) is 19.3 Å². The van der Waals surface area contributed by atoms with E-state index in [0.29, 0.717) is 5.56 Å². The number of aromatic nitrogens is 2. The van der Waals surface area contributed by atoms with Gasteiger partial charge in [-0.2, -0.15) is 5.10 Å². The molecule has 5 heteroatoms. The summed E-state index contributed by atoms with van der Waals surface area (Å²) in [5, 5.41) is 8.68. The molecule has 1 aromatic heterocycles. The number of hydrogen-bond donors (Lipinski definition) is 2. The molecule has 1 atom stereocenters. The lowest BCUT2D eigenvalue weighted by Crippen LogP contribution is -2.37. The second-order valence-electron chi connectivity index (χ2n) is 2.79. The van der Waals surface area contributed by atoms with Crippen molar-refractivity contribution in [1.29, 1.82) is 0 Å². The lowest BCUT2D eigenvalue weighted by Gasteiger charge is -2.08. The first-order chi connectivity index (χ1) is 6.11. The van der Waals surface area contributed by atoms with E-state index in [9.17, 15) is 9.59 Å². The maximum atomic E-state index is 11.3. The minimum atomic E-state index is -0.456. The number of hydrogen-bond acceptors (Lipinski definition) is 3. The molecular weight excluding hydrogens is 170 g/mol. The van der Waals surface area contributed by atoms with Gasteiger partial charge in [0.1, 0.15) is 0 Å². The molecule has 0 saturated carbocycles. The van der Waals surface area contributed by atoms with Gasteiger partial charge in [-0.05, 0) is 13.8 Å². The van der Waals surface area contributed by atoms with Gasteiger partial charge >= 0.3 is 0 Å². The predicted octanol–water partition coefficient (Wildman–Crippen LogP) is 0.117. The summed E-state index contributed by atoms with van der Waals surface area (Å²) in [6, 6.07) is -0.456. The molecule has 1 rings (SSSR count). The molecule has 1 unspecified atom stereocenters. The fourth-order valence-corrected chi connectivity index (χ4v) is 0.757. The number of rotatable bonds is 3. The van der Waals surface area contributed by atoms with E-state index < -0.39 is 6.04 Å². The van der Waals surface area contributed by atoms with Crippen molar-refractivity contribution < 1.29 is 9.59 Å². The molecule has 1 heterocycles. The van der Waals surface area contributed by atoms with Gasteiger partial charge in [0, 0.05) is 6.20 Å². The van der Waals surface area contributed by atoms with Crippen LogP contribution in [0.2, 0.25) is 0 Å². The van der Waals surface area contributed by atoms with Gasteiger partial charge in [-0.25, -0.2) is 0 Å². The molecule has 0 aromatic carbocycles. The quantitative estimate of drug-likeness (QED) is 0.695. The van der Waals surface area contributed by atoms with Crippen LogP contribution in [0.5, 0.6) is 0 Å². The molecule has 5 nitrogen and oxygen atoms in total. The Morgan fingerprint density at radius 2 is 2.31 bits per heavy atom. The number of nitrogens with zero attached hydrogens (tertiary/aromatic N) is 1. The third kappa shape index (κ3) is 2.40. The van der Waals surface area contributed by atoms with Crippen LogP contribution in [0, 0.1) is 0 Å². The van der Waals surface area contributed by atoms with Crippen LogP contribution in [0.25, 0.3) is 0 Å². The smallest absolute Gasteiger partial charge is 0.255 e. The number of carbonyl (C=O) groups is 2. The van der Waals surface area contributed by atoms with Crippen LogP contribution < -0.4 is 5.32 Å². The van der Waals surface area contributed by atoms with Gasteiger partial charge in [0.2, 0.25) is 0 Å². The van der Waals surface area contributed by atoms with Gasteiger partial charge in [0.15, 0.2) is 5.78 Å². The number of ketones is 1. The van der Waals surface area contributed by atoms with E-state index in [0.717, 1.165) is 0 Å². The molecule has 0 bridgehead atoms. The highest BCUT2D eigenvalue weighted by Crippen LogP contribution is 1.94. The van der Waals surface area contributed by atoms with Crippen LogP contribution in [-0.2, 0) is 4.79 Å². The Hall–Kier alpha value is -1.65. The maximum Gasteiger partial charge on any atom is 0.255 e. The zero-order valence-corrected chi connectivity index (χ0v) is 7.50. The number of H-pyrrole nitrogens is 1. The van der Waals surface area contributed by atoms with Gasteiger partial charge in [-0.1, -0.05) is 0 Å². The third-order valence-corrected chi connectivity index (χ3v) is 1.72. The number of carbonyl (C=O) groups excluding carboxylic acids is 2. The monoisotopic (exact) mass is 181 g/mol.